The van der Waals surface area contributed by atoms with Crippen LogP contribution in [0.2, 0.25) is 0 Å². The van der Waals surface area contributed by atoms with Gasteiger partial charge >= 0.3 is 11.9 Å². The van der Waals surface area contributed by atoms with Crippen molar-refractivity contribution in [2.24, 2.45) is 0 Å². The van der Waals surface area contributed by atoms with Gasteiger partial charge in [0, 0.05) is 0 Å². The lowest BCUT2D eigenvalue weighted by Crippen LogP contribution is -2.10. The zero-order valence-corrected chi connectivity index (χ0v) is 15.5. The summed E-state index contributed by atoms with van der Waals surface area (Å²) in [5, 5.41) is 0. The number of ether oxygens (including phenoxy) is 2. The van der Waals surface area contributed by atoms with Gasteiger partial charge in [0.25, 0.3) is 0 Å². The Balaban J connectivity index is 1.86. The van der Waals surface area contributed by atoms with Crippen molar-refractivity contribution in [1.82, 2.24) is 0 Å². The van der Waals surface area contributed by atoms with Gasteiger partial charge < -0.3 is 9.47 Å². The second kappa shape index (κ2) is 9.33. The number of benzene rings is 3. The van der Waals surface area contributed by atoms with Gasteiger partial charge in [0.2, 0.25) is 0 Å². The van der Waals surface area contributed by atoms with Crippen molar-refractivity contribution in [3.63, 3.8) is 0 Å². The Hall–Kier alpha value is -3.66. The fourth-order valence-electron chi connectivity index (χ4n) is 2.70. The molecule has 0 unspecified atom stereocenters. The second-order valence-electron chi connectivity index (χ2n) is 5.93. The summed E-state index contributed by atoms with van der Waals surface area (Å²) in [6.45, 7) is 2.08. The van der Waals surface area contributed by atoms with E-state index in [1.165, 1.54) is 0 Å². The zero-order chi connectivity index (χ0) is 19.8. The quantitative estimate of drug-likeness (QED) is 0.337. The standard InChI is InChI=1S/C24H20O4/c1-2-27-23(25)21-14-8-6-10-18(21)16-17-19-11-7-9-15-22(19)24(26)28-20-12-4-3-5-13-20/h3-17H,2H2,1H3. The normalized spacial score (nSPS) is 10.6. The Kier molecular flexibility index (Phi) is 6.37. The molecule has 4 heteroatoms. The van der Waals surface area contributed by atoms with Crippen molar-refractivity contribution in [3.05, 3.63) is 101 Å². The number of para-hydroxylation sites is 1. The van der Waals surface area contributed by atoms with Gasteiger partial charge in [-0.3, -0.25) is 0 Å². The van der Waals surface area contributed by atoms with Crippen molar-refractivity contribution in [3.8, 4) is 5.75 Å². The van der Waals surface area contributed by atoms with E-state index < -0.39 is 5.97 Å². The largest absolute Gasteiger partial charge is 0.462 e. The molecule has 0 saturated heterocycles. The molecule has 3 aromatic carbocycles. The van der Waals surface area contributed by atoms with E-state index in [4.69, 9.17) is 9.47 Å². The van der Waals surface area contributed by atoms with Gasteiger partial charge in [-0.1, -0.05) is 66.7 Å². The SMILES string of the molecule is CCOC(=O)c1ccccc1C=Cc1ccccc1C(=O)Oc1ccccc1. The molecule has 3 rings (SSSR count). The number of rotatable bonds is 6. The highest BCUT2D eigenvalue weighted by atomic mass is 16.5. The van der Waals surface area contributed by atoms with E-state index in [9.17, 15) is 9.59 Å². The van der Waals surface area contributed by atoms with Crippen LogP contribution in [0, 0.1) is 0 Å². The van der Waals surface area contributed by atoms with Crippen LogP contribution in [0.4, 0.5) is 0 Å². The minimum absolute atomic E-state index is 0.311. The Morgan fingerprint density at radius 3 is 1.79 bits per heavy atom. The topological polar surface area (TPSA) is 52.6 Å². The fourth-order valence-corrected chi connectivity index (χ4v) is 2.70. The van der Waals surface area contributed by atoms with Crippen molar-refractivity contribution < 1.29 is 19.1 Å². The van der Waals surface area contributed by atoms with Crippen LogP contribution >= 0.6 is 0 Å². The molecule has 3 aromatic rings. The van der Waals surface area contributed by atoms with E-state index in [2.05, 4.69) is 0 Å². The van der Waals surface area contributed by atoms with Crippen molar-refractivity contribution in [2.45, 2.75) is 6.92 Å². The number of carbonyl (C=O) groups is 2. The third-order valence-electron chi connectivity index (χ3n) is 4.03. The van der Waals surface area contributed by atoms with E-state index >= 15 is 0 Å². The summed E-state index contributed by atoms with van der Waals surface area (Å²) in [5.74, 6) is -0.330. The smallest absolute Gasteiger partial charge is 0.344 e. The number of carbonyl (C=O) groups excluding carboxylic acids is 2. The third-order valence-corrected chi connectivity index (χ3v) is 4.03. The molecule has 0 aromatic heterocycles. The molecule has 140 valence electrons. The minimum Gasteiger partial charge on any atom is -0.462 e. The van der Waals surface area contributed by atoms with Crippen LogP contribution in [0.1, 0.15) is 38.8 Å². The molecule has 0 heterocycles. The number of hydrogen-bond donors (Lipinski definition) is 0. The Morgan fingerprint density at radius 2 is 1.21 bits per heavy atom. The summed E-state index contributed by atoms with van der Waals surface area (Å²) in [6, 6.07) is 23.3. The van der Waals surface area contributed by atoms with Crippen LogP contribution in [-0.4, -0.2) is 18.5 Å². The summed E-state index contributed by atoms with van der Waals surface area (Å²) in [4.78, 5) is 24.7. The molecular weight excluding hydrogens is 352 g/mol. The molecule has 0 aliphatic heterocycles. The average molecular weight is 372 g/mol. The van der Waals surface area contributed by atoms with Crippen LogP contribution in [0.25, 0.3) is 12.2 Å². The molecule has 0 atom stereocenters. The van der Waals surface area contributed by atoms with Gasteiger partial charge in [0.1, 0.15) is 5.75 Å². The maximum Gasteiger partial charge on any atom is 0.344 e. The lowest BCUT2D eigenvalue weighted by molar-refractivity contribution is 0.0525. The molecule has 0 spiro atoms. The lowest BCUT2D eigenvalue weighted by atomic mass is 10.0. The first-order valence-electron chi connectivity index (χ1n) is 8.99. The number of esters is 2. The highest BCUT2D eigenvalue weighted by molar-refractivity contribution is 5.98. The van der Waals surface area contributed by atoms with E-state index in [-0.39, 0.29) is 5.97 Å². The monoisotopic (exact) mass is 372 g/mol. The molecule has 4 nitrogen and oxygen atoms in total. The van der Waals surface area contributed by atoms with E-state index in [0.717, 1.165) is 0 Å². The molecule has 0 radical (unpaired) electrons. The Bertz CT molecular complexity index is 990. The molecule has 0 aliphatic carbocycles. The number of hydrogen-bond acceptors (Lipinski definition) is 4. The molecule has 0 N–H and O–H groups in total. The summed E-state index contributed by atoms with van der Waals surface area (Å²) in [7, 11) is 0. The van der Waals surface area contributed by atoms with Gasteiger partial charge in [0.15, 0.2) is 0 Å². The van der Waals surface area contributed by atoms with Gasteiger partial charge in [-0.05, 0) is 42.3 Å². The Morgan fingerprint density at radius 1 is 0.714 bits per heavy atom. The van der Waals surface area contributed by atoms with Crippen LogP contribution in [-0.2, 0) is 4.74 Å². The summed E-state index contributed by atoms with van der Waals surface area (Å²) in [5.41, 5.74) is 2.33. The third kappa shape index (κ3) is 4.74. The molecule has 0 aliphatic rings. The predicted molar refractivity (Wildman–Crippen MR) is 109 cm³/mol. The highest BCUT2D eigenvalue weighted by Gasteiger charge is 2.13. The predicted octanol–water partition coefficient (Wildman–Crippen LogP) is 5.25. The van der Waals surface area contributed by atoms with E-state index in [1.54, 1.807) is 67.6 Å². The van der Waals surface area contributed by atoms with Gasteiger partial charge in [-0.15, -0.1) is 0 Å². The van der Waals surface area contributed by atoms with Crippen LogP contribution < -0.4 is 4.74 Å². The first kappa shape index (κ1) is 19.1. The van der Waals surface area contributed by atoms with E-state index in [1.807, 2.05) is 30.3 Å². The van der Waals surface area contributed by atoms with Gasteiger partial charge in [-0.25, -0.2) is 9.59 Å². The molecular formula is C24H20O4. The summed E-state index contributed by atoms with van der Waals surface area (Å²) >= 11 is 0. The highest BCUT2D eigenvalue weighted by Crippen LogP contribution is 2.19. The molecule has 28 heavy (non-hydrogen) atoms. The van der Waals surface area contributed by atoms with Crippen molar-refractivity contribution in [1.29, 1.82) is 0 Å². The molecule has 0 amide bonds. The van der Waals surface area contributed by atoms with Crippen LogP contribution in [0.15, 0.2) is 78.9 Å². The minimum atomic E-state index is -0.440. The Labute approximate surface area is 164 Å². The summed E-state index contributed by atoms with van der Waals surface area (Å²) < 4.78 is 10.5. The zero-order valence-electron chi connectivity index (χ0n) is 15.5. The molecule has 0 fully saturated rings. The van der Waals surface area contributed by atoms with Crippen LogP contribution in [0.5, 0.6) is 5.75 Å². The second-order valence-corrected chi connectivity index (χ2v) is 5.93. The van der Waals surface area contributed by atoms with Crippen molar-refractivity contribution in [2.75, 3.05) is 6.61 Å². The van der Waals surface area contributed by atoms with Crippen LogP contribution in [0.3, 0.4) is 0 Å². The first-order valence-corrected chi connectivity index (χ1v) is 8.99. The average Bonchev–Trinajstić information content (AvgIpc) is 2.73. The summed E-state index contributed by atoms with van der Waals surface area (Å²) in [6.07, 6.45) is 3.58. The lowest BCUT2D eigenvalue weighted by Gasteiger charge is -2.08. The van der Waals surface area contributed by atoms with E-state index in [0.29, 0.717) is 34.6 Å². The fraction of sp³-hybridized carbons (Fsp3) is 0.0833. The van der Waals surface area contributed by atoms with Gasteiger partial charge in [0.05, 0.1) is 17.7 Å². The molecule has 0 saturated carbocycles. The maximum atomic E-state index is 12.6. The first-order chi connectivity index (χ1) is 13.7. The maximum absolute atomic E-state index is 12.6. The van der Waals surface area contributed by atoms with Crippen molar-refractivity contribution >= 4 is 24.1 Å². The van der Waals surface area contributed by atoms with Gasteiger partial charge in [-0.2, -0.15) is 0 Å². The molecule has 0 bridgehead atoms.